The van der Waals surface area contributed by atoms with Crippen molar-refractivity contribution in [1.29, 1.82) is 0 Å². The van der Waals surface area contributed by atoms with Crippen LogP contribution in [0, 0.1) is 0 Å². The van der Waals surface area contributed by atoms with E-state index >= 15 is 0 Å². The summed E-state index contributed by atoms with van der Waals surface area (Å²) in [5.41, 5.74) is 2.84. The highest BCUT2D eigenvalue weighted by molar-refractivity contribution is 6.30. The van der Waals surface area contributed by atoms with E-state index in [1.165, 1.54) is 0 Å². The van der Waals surface area contributed by atoms with Gasteiger partial charge in [0.2, 0.25) is 5.91 Å². The summed E-state index contributed by atoms with van der Waals surface area (Å²) in [5.74, 6) is 0.117. The second kappa shape index (κ2) is 9.79. The van der Waals surface area contributed by atoms with Crippen LogP contribution < -0.4 is 10.2 Å². The Labute approximate surface area is 177 Å². The zero-order chi connectivity index (χ0) is 20.8. The molecule has 1 N–H and O–H groups in total. The van der Waals surface area contributed by atoms with E-state index in [-0.39, 0.29) is 17.9 Å². The number of nitrogens with zero attached hydrogens (tertiary/aromatic N) is 2. The lowest BCUT2D eigenvalue weighted by Gasteiger charge is -2.32. The van der Waals surface area contributed by atoms with E-state index < -0.39 is 0 Å². The van der Waals surface area contributed by atoms with Gasteiger partial charge in [-0.2, -0.15) is 0 Å². The average molecular weight is 414 g/mol. The molecule has 1 saturated heterocycles. The lowest BCUT2D eigenvalue weighted by atomic mass is 10.0. The van der Waals surface area contributed by atoms with Crippen molar-refractivity contribution in [3.05, 3.63) is 64.7 Å². The first-order valence-corrected chi connectivity index (χ1v) is 10.4. The molecule has 0 bridgehead atoms. The predicted molar refractivity (Wildman–Crippen MR) is 118 cm³/mol. The summed E-state index contributed by atoms with van der Waals surface area (Å²) in [6.45, 7) is 1.37. The summed E-state index contributed by atoms with van der Waals surface area (Å²) >= 11 is 5.90. The fraction of sp³-hybridized carbons (Fsp3) is 0.391. The number of piperidine rings is 1. The Hall–Kier alpha value is -2.53. The summed E-state index contributed by atoms with van der Waals surface area (Å²) in [4.78, 5) is 28.9. The maximum Gasteiger partial charge on any atom is 0.251 e. The molecule has 1 heterocycles. The molecule has 0 unspecified atom stereocenters. The van der Waals surface area contributed by atoms with Gasteiger partial charge in [0.05, 0.1) is 0 Å². The first-order chi connectivity index (χ1) is 13.9. The molecular formula is C23H28ClN3O2. The zero-order valence-electron chi connectivity index (χ0n) is 17.0. The number of nitrogens with one attached hydrogen (secondary N) is 1. The molecule has 2 amide bonds. The topological polar surface area (TPSA) is 52.7 Å². The van der Waals surface area contributed by atoms with Gasteiger partial charge in [-0.1, -0.05) is 23.7 Å². The normalized spacial score (nSPS) is 14.5. The van der Waals surface area contributed by atoms with E-state index in [4.69, 9.17) is 11.6 Å². The minimum absolute atomic E-state index is 0.0529. The van der Waals surface area contributed by atoms with Gasteiger partial charge in [0.25, 0.3) is 5.91 Å². The number of anilines is 1. The molecule has 0 atom stereocenters. The van der Waals surface area contributed by atoms with Crippen molar-refractivity contribution in [1.82, 2.24) is 10.2 Å². The van der Waals surface area contributed by atoms with Crippen LogP contribution in [0.2, 0.25) is 5.02 Å². The van der Waals surface area contributed by atoms with Crippen LogP contribution >= 0.6 is 11.6 Å². The number of hydrogen-bond donors (Lipinski definition) is 1. The van der Waals surface area contributed by atoms with Gasteiger partial charge in [0.1, 0.15) is 0 Å². The van der Waals surface area contributed by atoms with Crippen LogP contribution in [-0.4, -0.2) is 49.9 Å². The molecular weight excluding hydrogens is 386 g/mol. The number of carbonyl (C=O) groups excluding carboxylic acids is 2. The number of aryl methyl sites for hydroxylation is 1. The van der Waals surface area contributed by atoms with Crippen molar-refractivity contribution in [2.45, 2.75) is 31.7 Å². The van der Waals surface area contributed by atoms with Gasteiger partial charge in [-0.05, 0) is 61.2 Å². The van der Waals surface area contributed by atoms with Crippen LogP contribution in [0.15, 0.2) is 48.5 Å². The highest BCUT2D eigenvalue weighted by Gasteiger charge is 2.24. The number of halogens is 1. The largest absolute Gasteiger partial charge is 0.378 e. The summed E-state index contributed by atoms with van der Waals surface area (Å²) in [6.07, 6.45) is 2.79. The van der Waals surface area contributed by atoms with E-state index in [9.17, 15) is 9.59 Å². The van der Waals surface area contributed by atoms with Crippen molar-refractivity contribution in [2.75, 3.05) is 32.1 Å². The molecule has 1 aliphatic heterocycles. The highest BCUT2D eigenvalue weighted by Crippen LogP contribution is 2.16. The molecule has 6 heteroatoms. The molecule has 0 aliphatic carbocycles. The van der Waals surface area contributed by atoms with Gasteiger partial charge >= 0.3 is 0 Å². The molecule has 29 heavy (non-hydrogen) atoms. The van der Waals surface area contributed by atoms with Crippen molar-refractivity contribution >= 4 is 29.1 Å². The second-order valence-corrected chi connectivity index (χ2v) is 8.13. The van der Waals surface area contributed by atoms with E-state index in [2.05, 4.69) is 5.32 Å². The Morgan fingerprint density at radius 3 is 2.24 bits per heavy atom. The van der Waals surface area contributed by atoms with Gasteiger partial charge in [0.15, 0.2) is 0 Å². The number of hydrogen-bond acceptors (Lipinski definition) is 3. The number of rotatable bonds is 6. The number of amides is 2. The van der Waals surface area contributed by atoms with Crippen LogP contribution in [0.5, 0.6) is 0 Å². The Balaban J connectivity index is 1.43. The summed E-state index contributed by atoms with van der Waals surface area (Å²) in [5, 5.41) is 3.81. The molecule has 2 aromatic carbocycles. The van der Waals surface area contributed by atoms with Crippen LogP contribution in [-0.2, 0) is 11.2 Å². The molecule has 3 rings (SSSR count). The van der Waals surface area contributed by atoms with E-state index in [0.717, 1.165) is 30.5 Å². The average Bonchev–Trinajstić information content (AvgIpc) is 2.73. The first-order valence-electron chi connectivity index (χ1n) is 10.0. The molecule has 1 fully saturated rings. The fourth-order valence-electron chi connectivity index (χ4n) is 3.51. The fourth-order valence-corrected chi connectivity index (χ4v) is 3.64. The molecule has 0 saturated carbocycles. The monoisotopic (exact) mass is 413 g/mol. The standard InChI is InChI=1S/C23H28ClN3O2/c1-26(2)21-10-6-18(7-11-21)23(29)25-20-13-15-27(16-14-20)22(28)12-5-17-3-8-19(24)9-4-17/h3-4,6-11,20H,5,12-16H2,1-2H3,(H,25,29). The smallest absolute Gasteiger partial charge is 0.251 e. The van der Waals surface area contributed by atoms with Crippen molar-refractivity contribution in [3.8, 4) is 0 Å². The maximum absolute atomic E-state index is 12.5. The second-order valence-electron chi connectivity index (χ2n) is 7.70. The van der Waals surface area contributed by atoms with E-state index in [0.29, 0.717) is 30.1 Å². The van der Waals surface area contributed by atoms with Crippen molar-refractivity contribution in [2.24, 2.45) is 0 Å². The zero-order valence-corrected chi connectivity index (χ0v) is 17.8. The van der Waals surface area contributed by atoms with Crippen LogP contribution in [0.4, 0.5) is 5.69 Å². The third kappa shape index (κ3) is 5.97. The van der Waals surface area contributed by atoms with Gasteiger partial charge in [-0.15, -0.1) is 0 Å². The SMILES string of the molecule is CN(C)c1ccc(C(=O)NC2CCN(C(=O)CCc3ccc(Cl)cc3)CC2)cc1. The third-order valence-corrected chi connectivity index (χ3v) is 5.62. The molecule has 154 valence electrons. The summed E-state index contributed by atoms with van der Waals surface area (Å²) in [7, 11) is 3.94. The minimum Gasteiger partial charge on any atom is -0.378 e. The van der Waals surface area contributed by atoms with Gasteiger partial charge < -0.3 is 15.1 Å². The van der Waals surface area contributed by atoms with Crippen LogP contribution in [0.25, 0.3) is 0 Å². The van der Waals surface area contributed by atoms with Crippen molar-refractivity contribution < 1.29 is 9.59 Å². The molecule has 0 spiro atoms. The molecule has 1 aliphatic rings. The molecule has 0 aromatic heterocycles. The van der Waals surface area contributed by atoms with E-state index in [1.807, 2.05) is 72.4 Å². The van der Waals surface area contributed by atoms with E-state index in [1.54, 1.807) is 0 Å². The number of likely N-dealkylation sites (tertiary alicyclic amines) is 1. The van der Waals surface area contributed by atoms with Crippen molar-refractivity contribution in [3.63, 3.8) is 0 Å². The van der Waals surface area contributed by atoms with Crippen LogP contribution in [0.3, 0.4) is 0 Å². The van der Waals surface area contributed by atoms with Crippen LogP contribution in [0.1, 0.15) is 35.2 Å². The Kier molecular flexibility index (Phi) is 7.15. The third-order valence-electron chi connectivity index (χ3n) is 5.37. The Morgan fingerprint density at radius 2 is 1.66 bits per heavy atom. The van der Waals surface area contributed by atoms with Gasteiger partial charge in [0, 0.05) is 55.9 Å². The number of benzene rings is 2. The Morgan fingerprint density at radius 1 is 1.03 bits per heavy atom. The minimum atomic E-state index is -0.0529. The predicted octanol–water partition coefficient (Wildman–Crippen LogP) is 3.76. The van der Waals surface area contributed by atoms with Gasteiger partial charge in [-0.3, -0.25) is 9.59 Å². The Bertz CT molecular complexity index is 826. The quantitative estimate of drug-likeness (QED) is 0.784. The highest BCUT2D eigenvalue weighted by atomic mass is 35.5. The lowest BCUT2D eigenvalue weighted by molar-refractivity contribution is -0.132. The molecule has 2 aromatic rings. The van der Waals surface area contributed by atoms with Gasteiger partial charge in [-0.25, -0.2) is 0 Å². The summed E-state index contributed by atoms with van der Waals surface area (Å²) < 4.78 is 0. The molecule has 5 nitrogen and oxygen atoms in total. The first kappa shape index (κ1) is 21.2. The molecule has 0 radical (unpaired) electrons. The summed E-state index contributed by atoms with van der Waals surface area (Å²) in [6, 6.07) is 15.3. The lowest BCUT2D eigenvalue weighted by Crippen LogP contribution is -2.46. The maximum atomic E-state index is 12.5. The number of carbonyl (C=O) groups is 2.